The van der Waals surface area contributed by atoms with Crippen molar-refractivity contribution in [1.29, 1.82) is 0 Å². The molecule has 0 aromatic carbocycles. The topological polar surface area (TPSA) is 110 Å². The molecule has 0 rings (SSSR count). The monoisotopic (exact) mass is 696 g/mol. The van der Waals surface area contributed by atoms with Crippen LogP contribution in [0.3, 0.4) is 0 Å². The summed E-state index contributed by atoms with van der Waals surface area (Å²) in [5, 5.41) is 43.5. The van der Waals surface area contributed by atoms with Crippen LogP contribution in [0.5, 0.6) is 0 Å². The highest BCUT2D eigenvalue weighted by molar-refractivity contribution is 5.80. The highest BCUT2D eigenvalue weighted by Crippen LogP contribution is 2.16. The normalized spacial score (nSPS) is 14.3. The fourth-order valence-electron chi connectivity index (χ4n) is 6.74. The first kappa shape index (κ1) is 48.0. The maximum absolute atomic E-state index is 12.5. The Labute approximate surface area is 304 Å². The second-order valence-electron chi connectivity index (χ2n) is 15.1. The van der Waals surface area contributed by atoms with E-state index in [0.29, 0.717) is 12.8 Å². The van der Waals surface area contributed by atoms with Gasteiger partial charge in [-0.15, -0.1) is 0 Å². The van der Waals surface area contributed by atoms with E-state index in [2.05, 4.69) is 31.3 Å². The SMILES string of the molecule is CCCCCCCCCC=CCCCC(O)C(O)CC(CO)NC(=O)C(O)CCCCCCCCCCCCCCCCCCCCCC. The first-order chi connectivity index (χ1) is 24.0. The maximum Gasteiger partial charge on any atom is 0.249 e. The number of hydrogen-bond acceptors (Lipinski definition) is 5. The standard InChI is InChI=1S/C43H85NO5/c1-3-5-7-9-11-13-15-17-18-19-20-21-22-23-24-26-28-30-32-34-36-41(47)43(49)44-39(38-45)37-42(48)40(46)35-33-31-29-27-25-16-14-12-10-8-6-4-2/h27,29,39-42,45-48H,3-26,28,30-38H2,1-2H3,(H,44,49). The van der Waals surface area contributed by atoms with Gasteiger partial charge in [-0.3, -0.25) is 4.79 Å². The summed E-state index contributed by atoms with van der Waals surface area (Å²) in [6, 6.07) is -0.691. The van der Waals surface area contributed by atoms with Crippen molar-refractivity contribution in [3.05, 3.63) is 12.2 Å². The van der Waals surface area contributed by atoms with E-state index in [1.54, 1.807) is 0 Å². The number of unbranched alkanes of at least 4 members (excludes halogenated alkanes) is 27. The van der Waals surface area contributed by atoms with Crippen molar-refractivity contribution < 1.29 is 25.2 Å². The lowest BCUT2D eigenvalue weighted by molar-refractivity contribution is -0.131. The lowest BCUT2D eigenvalue weighted by atomic mass is 10.00. The van der Waals surface area contributed by atoms with E-state index in [1.165, 1.54) is 154 Å². The number of aliphatic hydroxyl groups is 4. The molecule has 6 nitrogen and oxygen atoms in total. The number of rotatable bonds is 39. The highest BCUT2D eigenvalue weighted by Gasteiger charge is 2.24. The zero-order chi connectivity index (χ0) is 36.0. The summed E-state index contributed by atoms with van der Waals surface area (Å²) >= 11 is 0. The largest absolute Gasteiger partial charge is 0.394 e. The molecule has 0 aliphatic carbocycles. The Balaban J connectivity index is 3.71. The van der Waals surface area contributed by atoms with Gasteiger partial charge in [0.1, 0.15) is 6.10 Å². The summed E-state index contributed by atoms with van der Waals surface area (Å²) in [5.41, 5.74) is 0. The minimum Gasteiger partial charge on any atom is -0.394 e. The van der Waals surface area contributed by atoms with Crippen molar-refractivity contribution in [1.82, 2.24) is 5.32 Å². The van der Waals surface area contributed by atoms with E-state index in [9.17, 15) is 25.2 Å². The molecule has 49 heavy (non-hydrogen) atoms. The predicted molar refractivity (Wildman–Crippen MR) is 210 cm³/mol. The van der Waals surface area contributed by atoms with Crippen LogP contribution in [0.25, 0.3) is 0 Å². The quantitative estimate of drug-likeness (QED) is 0.0325. The molecule has 1 amide bonds. The van der Waals surface area contributed by atoms with Crippen LogP contribution < -0.4 is 5.32 Å². The van der Waals surface area contributed by atoms with Gasteiger partial charge in [-0.1, -0.05) is 193 Å². The lowest BCUT2D eigenvalue weighted by Crippen LogP contribution is -2.46. The second-order valence-corrected chi connectivity index (χ2v) is 15.1. The minimum atomic E-state index is -1.11. The van der Waals surface area contributed by atoms with Gasteiger partial charge in [0.15, 0.2) is 0 Å². The number of allylic oxidation sites excluding steroid dienone is 2. The van der Waals surface area contributed by atoms with Crippen molar-refractivity contribution in [3.63, 3.8) is 0 Å². The summed E-state index contributed by atoms with van der Waals surface area (Å²) in [6.45, 7) is 4.18. The molecule has 0 aliphatic heterocycles. The van der Waals surface area contributed by atoms with Crippen molar-refractivity contribution >= 4 is 5.91 Å². The van der Waals surface area contributed by atoms with Crippen LogP contribution in [-0.2, 0) is 4.79 Å². The van der Waals surface area contributed by atoms with Crippen LogP contribution in [0.1, 0.15) is 226 Å². The van der Waals surface area contributed by atoms with E-state index < -0.39 is 30.3 Å². The van der Waals surface area contributed by atoms with Crippen LogP contribution >= 0.6 is 0 Å². The summed E-state index contributed by atoms with van der Waals surface area (Å²) in [6.07, 6.45) is 40.5. The Bertz CT molecular complexity index is 702. The zero-order valence-electron chi connectivity index (χ0n) is 32.7. The molecule has 0 aromatic heterocycles. The molecule has 0 spiro atoms. The molecule has 5 N–H and O–H groups in total. The number of nitrogens with one attached hydrogen (secondary N) is 1. The third-order valence-electron chi connectivity index (χ3n) is 10.2. The maximum atomic E-state index is 12.5. The summed E-state index contributed by atoms with van der Waals surface area (Å²) in [4.78, 5) is 12.5. The molecule has 292 valence electrons. The number of aliphatic hydroxyl groups excluding tert-OH is 4. The third kappa shape index (κ3) is 33.9. The Kier molecular flexibility index (Phi) is 37.5. The average molecular weight is 696 g/mol. The lowest BCUT2D eigenvalue weighted by Gasteiger charge is -2.24. The van der Waals surface area contributed by atoms with Crippen LogP contribution in [0.2, 0.25) is 0 Å². The van der Waals surface area contributed by atoms with Gasteiger partial charge in [-0.25, -0.2) is 0 Å². The molecule has 0 aliphatic rings. The van der Waals surface area contributed by atoms with E-state index in [0.717, 1.165) is 38.5 Å². The van der Waals surface area contributed by atoms with Crippen LogP contribution in [-0.4, -0.2) is 57.3 Å². The van der Waals surface area contributed by atoms with E-state index in [1.807, 2.05) is 0 Å². The Hall–Kier alpha value is -0.950. The van der Waals surface area contributed by atoms with Crippen LogP contribution in [0, 0.1) is 0 Å². The Morgan fingerprint density at radius 3 is 1.27 bits per heavy atom. The van der Waals surface area contributed by atoms with Gasteiger partial charge in [0.05, 0.1) is 24.9 Å². The fraction of sp³-hybridized carbons (Fsp3) is 0.930. The molecule has 0 radical (unpaired) electrons. The van der Waals surface area contributed by atoms with Crippen molar-refractivity contribution in [2.24, 2.45) is 0 Å². The molecule has 0 heterocycles. The first-order valence-corrected chi connectivity index (χ1v) is 21.6. The van der Waals surface area contributed by atoms with Gasteiger partial charge in [-0.2, -0.15) is 0 Å². The first-order valence-electron chi connectivity index (χ1n) is 21.6. The molecule has 4 unspecified atom stereocenters. The van der Waals surface area contributed by atoms with E-state index >= 15 is 0 Å². The Morgan fingerprint density at radius 2 is 0.857 bits per heavy atom. The Morgan fingerprint density at radius 1 is 0.490 bits per heavy atom. The smallest absolute Gasteiger partial charge is 0.249 e. The minimum absolute atomic E-state index is 0.0591. The van der Waals surface area contributed by atoms with Crippen molar-refractivity contribution in [2.45, 2.75) is 250 Å². The second kappa shape index (κ2) is 38.3. The number of carbonyl (C=O) groups excluding carboxylic acids is 1. The van der Waals surface area contributed by atoms with Crippen LogP contribution in [0.15, 0.2) is 12.2 Å². The average Bonchev–Trinajstić information content (AvgIpc) is 3.10. The molecule has 0 saturated heterocycles. The summed E-state index contributed by atoms with van der Waals surface area (Å²) < 4.78 is 0. The van der Waals surface area contributed by atoms with Crippen LogP contribution in [0.4, 0.5) is 0 Å². The zero-order valence-corrected chi connectivity index (χ0v) is 32.7. The van der Waals surface area contributed by atoms with Gasteiger partial charge >= 0.3 is 0 Å². The van der Waals surface area contributed by atoms with Gasteiger partial charge in [-0.05, 0) is 44.9 Å². The predicted octanol–water partition coefficient (Wildman–Crippen LogP) is 11.0. The third-order valence-corrected chi connectivity index (χ3v) is 10.2. The molecule has 0 saturated carbocycles. The van der Waals surface area contributed by atoms with Gasteiger partial charge in [0.2, 0.25) is 5.91 Å². The van der Waals surface area contributed by atoms with Gasteiger partial charge in [0, 0.05) is 0 Å². The van der Waals surface area contributed by atoms with Gasteiger partial charge < -0.3 is 25.7 Å². The van der Waals surface area contributed by atoms with E-state index in [-0.39, 0.29) is 13.0 Å². The molecule has 0 bridgehead atoms. The number of hydrogen-bond donors (Lipinski definition) is 5. The highest BCUT2D eigenvalue weighted by atomic mass is 16.3. The van der Waals surface area contributed by atoms with Crippen molar-refractivity contribution in [2.75, 3.05) is 6.61 Å². The van der Waals surface area contributed by atoms with E-state index in [4.69, 9.17) is 0 Å². The van der Waals surface area contributed by atoms with Gasteiger partial charge in [0.25, 0.3) is 0 Å². The number of carbonyl (C=O) groups is 1. The molecule has 4 atom stereocenters. The summed E-state index contributed by atoms with van der Waals surface area (Å²) in [7, 11) is 0. The molecule has 6 heteroatoms. The number of amides is 1. The summed E-state index contributed by atoms with van der Waals surface area (Å²) in [5.74, 6) is -0.510. The molecular formula is C43H85NO5. The molecule has 0 aromatic rings. The molecule has 0 fully saturated rings. The molecular weight excluding hydrogens is 610 g/mol. The fourth-order valence-corrected chi connectivity index (χ4v) is 6.74. The van der Waals surface area contributed by atoms with Crippen molar-refractivity contribution in [3.8, 4) is 0 Å².